The number of carbonyl (C=O) groups excluding carboxylic acids is 3. The van der Waals surface area contributed by atoms with E-state index in [1.54, 1.807) is 16.7 Å². The van der Waals surface area contributed by atoms with Crippen LogP contribution < -0.4 is 4.90 Å². The molecule has 0 bridgehead atoms. The molecule has 2 aromatic carbocycles. The zero-order valence-corrected chi connectivity index (χ0v) is 16.9. The molecule has 0 radical (unpaired) electrons. The maximum Gasteiger partial charge on any atom is 0.233 e. The number of hydrogen-bond donors (Lipinski definition) is 0. The predicted octanol–water partition coefficient (Wildman–Crippen LogP) is 4.38. The lowest BCUT2D eigenvalue weighted by atomic mass is 9.81. The van der Waals surface area contributed by atoms with E-state index in [1.165, 1.54) is 4.90 Å². The molecular formula is C23H22N2O3S. The maximum absolute atomic E-state index is 13.3. The molecule has 3 amide bonds. The Morgan fingerprint density at radius 3 is 1.93 bits per heavy atom. The minimum Gasteiger partial charge on any atom is -0.282 e. The van der Waals surface area contributed by atoms with Crippen molar-refractivity contribution >= 4 is 40.9 Å². The zero-order chi connectivity index (χ0) is 20.0. The summed E-state index contributed by atoms with van der Waals surface area (Å²) in [6, 6.07) is 15.7. The molecule has 2 unspecified atom stereocenters. The number of fused-ring (bicyclic) bond motifs is 3. The number of para-hydroxylation sites is 2. The average molecular weight is 407 g/mol. The van der Waals surface area contributed by atoms with Crippen LogP contribution in [0, 0.1) is 11.8 Å². The Morgan fingerprint density at radius 2 is 1.38 bits per heavy atom. The lowest BCUT2D eigenvalue weighted by Crippen LogP contribution is -2.36. The number of likely N-dealkylation sites (tertiary alicyclic amines) is 1. The molecule has 3 aliphatic rings. The van der Waals surface area contributed by atoms with Crippen LogP contribution in [0.3, 0.4) is 0 Å². The number of amides is 3. The Kier molecular flexibility index (Phi) is 4.66. The lowest BCUT2D eigenvalue weighted by molar-refractivity contribution is -0.140. The van der Waals surface area contributed by atoms with Crippen molar-refractivity contribution in [3.63, 3.8) is 0 Å². The second-order valence-corrected chi connectivity index (χ2v) is 8.93. The lowest BCUT2D eigenvalue weighted by Gasteiger charge is -2.31. The van der Waals surface area contributed by atoms with Gasteiger partial charge in [-0.3, -0.25) is 24.2 Å². The van der Waals surface area contributed by atoms with Gasteiger partial charge < -0.3 is 0 Å². The largest absolute Gasteiger partial charge is 0.282 e. The molecule has 0 spiro atoms. The van der Waals surface area contributed by atoms with Crippen LogP contribution in [0.1, 0.15) is 32.1 Å². The number of nitrogens with zero attached hydrogens (tertiary/aromatic N) is 2. The maximum atomic E-state index is 13.3. The average Bonchev–Trinajstić information content (AvgIpc) is 3.00. The molecule has 148 valence electrons. The molecular weight excluding hydrogens is 384 g/mol. The van der Waals surface area contributed by atoms with Crippen LogP contribution in [0.2, 0.25) is 0 Å². The first-order valence-electron chi connectivity index (χ1n) is 10.2. The van der Waals surface area contributed by atoms with Crippen molar-refractivity contribution in [3.8, 4) is 0 Å². The van der Waals surface area contributed by atoms with Crippen LogP contribution in [0.5, 0.6) is 0 Å². The van der Waals surface area contributed by atoms with Crippen LogP contribution in [0.25, 0.3) is 0 Å². The van der Waals surface area contributed by atoms with Crippen LogP contribution >= 0.6 is 11.8 Å². The minimum atomic E-state index is -0.167. The topological polar surface area (TPSA) is 57.7 Å². The van der Waals surface area contributed by atoms with Gasteiger partial charge in [-0.25, -0.2) is 0 Å². The third kappa shape index (κ3) is 3.06. The summed E-state index contributed by atoms with van der Waals surface area (Å²) >= 11 is 1.65. The Balaban J connectivity index is 1.38. The molecule has 0 aromatic heterocycles. The van der Waals surface area contributed by atoms with Gasteiger partial charge in [0, 0.05) is 22.8 Å². The molecule has 1 aliphatic carbocycles. The first-order valence-corrected chi connectivity index (χ1v) is 11.0. The fraction of sp³-hybridized carbons (Fsp3) is 0.348. The second kappa shape index (κ2) is 7.34. The molecule has 2 fully saturated rings. The molecule has 2 aliphatic heterocycles. The Hall–Kier alpha value is -2.60. The van der Waals surface area contributed by atoms with E-state index in [-0.39, 0.29) is 42.5 Å². The van der Waals surface area contributed by atoms with Gasteiger partial charge in [0.25, 0.3) is 0 Å². The Morgan fingerprint density at radius 1 is 0.862 bits per heavy atom. The van der Waals surface area contributed by atoms with Gasteiger partial charge in [-0.2, -0.15) is 0 Å². The first-order chi connectivity index (χ1) is 14.1. The van der Waals surface area contributed by atoms with Crippen LogP contribution in [0.15, 0.2) is 58.3 Å². The highest BCUT2D eigenvalue weighted by molar-refractivity contribution is 7.99. The fourth-order valence-corrected chi connectivity index (χ4v) is 5.80. The summed E-state index contributed by atoms with van der Waals surface area (Å²) in [7, 11) is 0. The van der Waals surface area contributed by atoms with Crippen molar-refractivity contribution in [1.29, 1.82) is 0 Å². The summed E-state index contributed by atoms with van der Waals surface area (Å²) < 4.78 is 0. The van der Waals surface area contributed by atoms with Gasteiger partial charge in [0.2, 0.25) is 17.7 Å². The van der Waals surface area contributed by atoms with Crippen LogP contribution in [-0.4, -0.2) is 29.2 Å². The second-order valence-electron chi connectivity index (χ2n) is 7.84. The summed E-state index contributed by atoms with van der Waals surface area (Å²) in [6.45, 7) is 0.164. The molecule has 5 rings (SSSR count). The van der Waals surface area contributed by atoms with E-state index in [0.29, 0.717) is 0 Å². The smallest absolute Gasteiger partial charge is 0.233 e. The molecule has 2 heterocycles. The first kappa shape index (κ1) is 18.4. The third-order valence-corrected chi connectivity index (χ3v) is 7.29. The van der Waals surface area contributed by atoms with Crippen LogP contribution in [-0.2, 0) is 14.4 Å². The summed E-state index contributed by atoms with van der Waals surface area (Å²) in [5.74, 6) is -0.593. The quantitative estimate of drug-likeness (QED) is 0.710. The predicted molar refractivity (Wildman–Crippen MR) is 111 cm³/mol. The van der Waals surface area contributed by atoms with Crippen molar-refractivity contribution in [2.45, 2.75) is 41.9 Å². The summed E-state index contributed by atoms with van der Waals surface area (Å²) in [4.78, 5) is 43.8. The highest BCUT2D eigenvalue weighted by Gasteiger charge is 2.48. The Bertz CT molecular complexity index is 936. The number of benzene rings is 2. The van der Waals surface area contributed by atoms with Gasteiger partial charge in [-0.1, -0.05) is 48.9 Å². The van der Waals surface area contributed by atoms with E-state index in [1.807, 2.05) is 48.5 Å². The fourth-order valence-electron chi connectivity index (χ4n) is 4.74. The van der Waals surface area contributed by atoms with E-state index in [2.05, 4.69) is 0 Å². The normalized spacial score (nSPS) is 22.9. The molecule has 2 aromatic rings. The van der Waals surface area contributed by atoms with Gasteiger partial charge in [0.1, 0.15) is 0 Å². The number of rotatable bonds is 3. The Labute approximate surface area is 174 Å². The number of anilines is 2. The summed E-state index contributed by atoms with van der Waals surface area (Å²) in [5.41, 5.74) is 1.71. The van der Waals surface area contributed by atoms with Crippen molar-refractivity contribution in [2.75, 3.05) is 11.4 Å². The van der Waals surface area contributed by atoms with Crippen molar-refractivity contribution in [1.82, 2.24) is 4.90 Å². The SMILES string of the molecule is O=C1C2CCCCC2C(=O)N1CCC(=O)N1c2ccccc2Sc2ccccc21. The monoisotopic (exact) mass is 406 g/mol. The molecule has 0 N–H and O–H groups in total. The summed E-state index contributed by atoms with van der Waals surface area (Å²) in [6.07, 6.45) is 3.73. The van der Waals surface area contributed by atoms with Gasteiger partial charge in [-0.05, 0) is 37.1 Å². The van der Waals surface area contributed by atoms with E-state index in [4.69, 9.17) is 0 Å². The van der Waals surface area contributed by atoms with Crippen molar-refractivity contribution in [3.05, 3.63) is 48.5 Å². The number of hydrogen-bond acceptors (Lipinski definition) is 4. The van der Waals surface area contributed by atoms with Gasteiger partial charge in [0.15, 0.2) is 0 Å². The van der Waals surface area contributed by atoms with Crippen LogP contribution in [0.4, 0.5) is 11.4 Å². The molecule has 1 saturated carbocycles. The number of carbonyl (C=O) groups is 3. The van der Waals surface area contributed by atoms with E-state index in [0.717, 1.165) is 46.8 Å². The molecule has 1 saturated heterocycles. The van der Waals surface area contributed by atoms with E-state index in [9.17, 15) is 14.4 Å². The highest BCUT2D eigenvalue weighted by Crippen LogP contribution is 2.48. The standard InChI is InChI=1S/C23H22N2O3S/c26-21(13-14-24-22(27)15-7-1-2-8-16(15)23(24)28)25-17-9-3-5-11-19(17)29-20-12-6-4-10-18(20)25/h3-6,9-12,15-16H,1-2,7-8,13-14H2. The van der Waals surface area contributed by atoms with Gasteiger partial charge in [-0.15, -0.1) is 0 Å². The number of imide groups is 1. The van der Waals surface area contributed by atoms with E-state index < -0.39 is 0 Å². The van der Waals surface area contributed by atoms with Crippen molar-refractivity contribution < 1.29 is 14.4 Å². The molecule has 29 heavy (non-hydrogen) atoms. The van der Waals surface area contributed by atoms with Gasteiger partial charge in [0.05, 0.1) is 23.2 Å². The molecule has 2 atom stereocenters. The summed E-state index contributed by atoms with van der Waals surface area (Å²) in [5, 5.41) is 0. The zero-order valence-electron chi connectivity index (χ0n) is 16.0. The molecule has 5 nitrogen and oxygen atoms in total. The van der Waals surface area contributed by atoms with Crippen molar-refractivity contribution in [2.24, 2.45) is 11.8 Å². The highest BCUT2D eigenvalue weighted by atomic mass is 32.2. The third-order valence-electron chi connectivity index (χ3n) is 6.16. The van der Waals surface area contributed by atoms with Gasteiger partial charge >= 0.3 is 0 Å². The minimum absolute atomic E-state index is 0.0810. The van der Waals surface area contributed by atoms with E-state index >= 15 is 0 Å². The molecule has 6 heteroatoms.